The highest BCUT2D eigenvalue weighted by molar-refractivity contribution is 7.47. The molecule has 3 aliphatic rings. The lowest BCUT2D eigenvalue weighted by Crippen LogP contribution is -2.38. The van der Waals surface area contributed by atoms with Gasteiger partial charge in [-0.3, -0.25) is 32.4 Å². The highest BCUT2D eigenvalue weighted by Gasteiger charge is 2.53. The molecule has 3 aliphatic heterocycles. The van der Waals surface area contributed by atoms with Crippen LogP contribution in [-0.2, 0) is 36.7 Å². The van der Waals surface area contributed by atoms with E-state index in [4.69, 9.17) is 56.5 Å². The van der Waals surface area contributed by atoms with E-state index in [1.54, 1.807) is 0 Å². The van der Waals surface area contributed by atoms with Crippen LogP contribution in [0.25, 0.3) is 22.2 Å². The molecule has 0 saturated carbocycles. The number of hydrogen-bond donors (Lipinski definition) is 6. The molecule has 0 aliphatic carbocycles. The van der Waals surface area contributed by atoms with Crippen molar-refractivity contribution >= 4 is 67.0 Å². The number of hydrogen-bond acceptors (Lipinski definition) is 15. The Kier molecular flexibility index (Phi) is 8.06. The summed E-state index contributed by atoms with van der Waals surface area (Å²) in [5, 5.41) is 22.5. The van der Waals surface area contributed by atoms with E-state index in [0.29, 0.717) is 11.0 Å². The monoisotopic (exact) mass is 725 g/mol. The SMILES string of the molecule is Nc1nc2c(ncn2C2OC3COP(=O)(O)OC4C(O)C(COP(=O)(O)OC2C3O)OC4n2cnc3cc(Cl)c(Cl)cc32)c(=O)[nH]1. The van der Waals surface area contributed by atoms with Crippen molar-refractivity contribution in [1.82, 2.24) is 29.1 Å². The van der Waals surface area contributed by atoms with Gasteiger partial charge in [0.05, 0.1) is 46.9 Å². The lowest BCUT2D eigenvalue weighted by molar-refractivity contribution is -0.0674. The summed E-state index contributed by atoms with van der Waals surface area (Å²) in [5.41, 5.74) is 5.35. The van der Waals surface area contributed by atoms with Crippen LogP contribution in [0.15, 0.2) is 29.6 Å². The zero-order valence-corrected chi connectivity index (χ0v) is 26.1. The smallest absolute Gasteiger partial charge is 0.387 e. The van der Waals surface area contributed by atoms with Crippen molar-refractivity contribution in [2.24, 2.45) is 0 Å². The summed E-state index contributed by atoms with van der Waals surface area (Å²) >= 11 is 12.3. The van der Waals surface area contributed by atoms with E-state index in [1.165, 1.54) is 23.0 Å². The van der Waals surface area contributed by atoms with E-state index in [9.17, 15) is 33.9 Å². The molecule has 3 saturated heterocycles. The molecule has 4 bridgehead atoms. The molecular formula is C22H23Cl2N7O13P2. The molecule has 248 valence electrons. The van der Waals surface area contributed by atoms with Crippen molar-refractivity contribution in [2.45, 2.75) is 49.1 Å². The van der Waals surface area contributed by atoms with Crippen LogP contribution in [0.4, 0.5) is 5.95 Å². The summed E-state index contributed by atoms with van der Waals surface area (Å²) in [6.07, 6.45) is -10.3. The van der Waals surface area contributed by atoms with E-state index in [1.807, 2.05) is 0 Å². The van der Waals surface area contributed by atoms with E-state index < -0.39 is 83.5 Å². The van der Waals surface area contributed by atoms with Gasteiger partial charge in [-0.05, 0) is 12.1 Å². The lowest BCUT2D eigenvalue weighted by Gasteiger charge is -2.26. The zero-order chi connectivity index (χ0) is 32.7. The first-order valence-corrected chi connectivity index (χ1v) is 17.0. The highest BCUT2D eigenvalue weighted by Crippen LogP contribution is 2.53. The van der Waals surface area contributed by atoms with Crippen LogP contribution < -0.4 is 11.3 Å². The van der Waals surface area contributed by atoms with Gasteiger partial charge in [-0.25, -0.2) is 19.1 Å². The molecule has 6 heterocycles. The molecule has 46 heavy (non-hydrogen) atoms. The highest BCUT2D eigenvalue weighted by atomic mass is 35.5. The fraction of sp³-hybridized carbons (Fsp3) is 0.455. The van der Waals surface area contributed by atoms with Crippen LogP contribution in [0.1, 0.15) is 12.5 Å². The first-order chi connectivity index (χ1) is 21.7. The minimum Gasteiger partial charge on any atom is -0.387 e. The number of nitrogens with zero attached hydrogens (tertiary/aromatic N) is 5. The van der Waals surface area contributed by atoms with Crippen molar-refractivity contribution in [2.75, 3.05) is 18.9 Å². The van der Waals surface area contributed by atoms with Crippen LogP contribution in [0, 0.1) is 0 Å². The fourth-order valence-electron chi connectivity index (χ4n) is 5.45. The minimum atomic E-state index is -5.10. The van der Waals surface area contributed by atoms with Crippen molar-refractivity contribution in [3.05, 3.63) is 45.2 Å². The van der Waals surface area contributed by atoms with Crippen LogP contribution in [0.2, 0.25) is 10.0 Å². The second-order valence-corrected chi connectivity index (χ2v) is 14.1. The van der Waals surface area contributed by atoms with E-state index in [0.717, 1.165) is 10.9 Å². The number of aromatic amines is 1. The molecule has 20 nitrogen and oxygen atoms in total. The van der Waals surface area contributed by atoms with Crippen LogP contribution in [0.3, 0.4) is 0 Å². The number of rotatable bonds is 2. The van der Waals surface area contributed by atoms with Gasteiger partial charge in [0.2, 0.25) is 5.95 Å². The maximum Gasteiger partial charge on any atom is 0.472 e. The van der Waals surface area contributed by atoms with Gasteiger partial charge < -0.3 is 39.8 Å². The van der Waals surface area contributed by atoms with Gasteiger partial charge in [-0.2, -0.15) is 4.98 Å². The van der Waals surface area contributed by atoms with E-state index >= 15 is 0 Å². The largest absolute Gasteiger partial charge is 0.472 e. The summed E-state index contributed by atoms with van der Waals surface area (Å²) in [5.74, 6) is -0.287. The number of nitrogen functional groups attached to an aromatic ring is 1. The quantitative estimate of drug-likeness (QED) is 0.154. The number of benzene rings is 1. The van der Waals surface area contributed by atoms with Crippen LogP contribution in [0.5, 0.6) is 0 Å². The normalized spacial score (nSPS) is 37.2. The maximum absolute atomic E-state index is 13.2. The van der Waals surface area contributed by atoms with Crippen molar-refractivity contribution in [3.8, 4) is 0 Å². The lowest BCUT2D eigenvalue weighted by atomic mass is 10.1. The Morgan fingerprint density at radius 1 is 0.891 bits per heavy atom. The number of fused-ring (bicyclic) bond motifs is 6. The number of anilines is 1. The zero-order valence-electron chi connectivity index (χ0n) is 22.8. The summed E-state index contributed by atoms with van der Waals surface area (Å²) in [7, 11) is -10.2. The first kappa shape index (κ1) is 32.0. The molecule has 24 heteroatoms. The van der Waals surface area contributed by atoms with Crippen molar-refractivity contribution in [3.63, 3.8) is 0 Å². The molecule has 4 aromatic rings. The van der Waals surface area contributed by atoms with Gasteiger partial charge in [-0.15, -0.1) is 0 Å². The minimum absolute atomic E-state index is 0.133. The average Bonchev–Trinajstić information content (AvgIpc) is 3.72. The predicted octanol–water partition coefficient (Wildman–Crippen LogP) is 0.593. The summed E-state index contributed by atoms with van der Waals surface area (Å²) in [6.45, 7) is -1.63. The Labute approximate surface area is 265 Å². The second kappa shape index (κ2) is 11.6. The number of aliphatic hydroxyl groups is 2. The standard InChI is InChI=1S/C22H23Cl2N7O13P2/c23-7-1-9-10(2-8(7)24)30(5-26-9)20-16-14(32)11(41-20)3-39-46(37,38)44-17-15(33)12(4-40-45(35,36)43-16)42-21(17)31-6-27-13-18(31)28-22(25)29-19(13)34/h1-2,5-6,11-12,14-17,20-21,32-33H,3-4H2,(H,35,36)(H,37,38)(H3,25,28,29,34). The van der Waals surface area contributed by atoms with Crippen LogP contribution >= 0.6 is 38.8 Å². The molecule has 7 N–H and O–H groups in total. The summed E-state index contributed by atoms with van der Waals surface area (Å²) in [6, 6.07) is 2.92. The Morgan fingerprint density at radius 2 is 1.43 bits per heavy atom. The van der Waals surface area contributed by atoms with E-state index in [2.05, 4.69) is 19.9 Å². The second-order valence-electron chi connectivity index (χ2n) is 10.5. The molecule has 3 aromatic heterocycles. The van der Waals surface area contributed by atoms with Gasteiger partial charge in [0.25, 0.3) is 5.56 Å². The molecule has 10 unspecified atom stereocenters. The third-order valence-corrected chi connectivity index (χ3v) is 10.2. The molecule has 0 amide bonds. The predicted molar refractivity (Wildman–Crippen MR) is 153 cm³/mol. The number of nitrogens with two attached hydrogens (primary N) is 1. The van der Waals surface area contributed by atoms with Gasteiger partial charge in [-0.1, -0.05) is 23.2 Å². The number of phosphoric acid groups is 2. The number of aromatic nitrogens is 6. The number of phosphoric ester groups is 2. The Morgan fingerprint density at radius 3 is 2.04 bits per heavy atom. The van der Waals surface area contributed by atoms with Gasteiger partial charge in [0.1, 0.15) is 36.6 Å². The molecule has 7 rings (SSSR count). The Balaban J connectivity index is 1.22. The molecule has 10 atom stereocenters. The number of H-pyrrole nitrogens is 1. The number of imidazole rings is 2. The topological polar surface area (TPSA) is 278 Å². The molecule has 0 spiro atoms. The average molecular weight is 726 g/mol. The first-order valence-electron chi connectivity index (χ1n) is 13.2. The summed E-state index contributed by atoms with van der Waals surface area (Å²) in [4.78, 5) is 48.1. The van der Waals surface area contributed by atoms with Crippen LogP contribution in [-0.4, -0.2) is 98.9 Å². The molecular weight excluding hydrogens is 703 g/mol. The third kappa shape index (κ3) is 5.67. The number of nitrogens with one attached hydrogen (secondary N) is 1. The van der Waals surface area contributed by atoms with Gasteiger partial charge >= 0.3 is 15.6 Å². The van der Waals surface area contributed by atoms with Gasteiger partial charge in [0, 0.05) is 0 Å². The van der Waals surface area contributed by atoms with Gasteiger partial charge in [0.15, 0.2) is 23.6 Å². The van der Waals surface area contributed by atoms with E-state index in [-0.39, 0.29) is 27.2 Å². The maximum atomic E-state index is 13.2. The number of halogens is 2. The van der Waals surface area contributed by atoms with Crippen molar-refractivity contribution in [1.29, 1.82) is 0 Å². The third-order valence-electron chi connectivity index (χ3n) is 7.56. The van der Waals surface area contributed by atoms with Crippen molar-refractivity contribution < 1.29 is 56.7 Å². The molecule has 3 fully saturated rings. The molecule has 1 aromatic carbocycles. The molecule has 0 radical (unpaired) electrons. The summed E-state index contributed by atoms with van der Waals surface area (Å²) < 4.78 is 61.5. The Hall–Kier alpha value is -2.52. The fourth-order valence-corrected chi connectivity index (χ4v) is 7.63. The Bertz CT molecular complexity index is 1990. The number of ether oxygens (including phenoxy) is 2. The number of aliphatic hydroxyl groups excluding tert-OH is 2.